The molecule has 0 spiro atoms. The number of hydrogen-bond acceptors (Lipinski definition) is 6. The van der Waals surface area contributed by atoms with Crippen molar-refractivity contribution in [2.45, 2.75) is 31.3 Å². The molecule has 2 rings (SSSR count). The topological polar surface area (TPSA) is 83.0 Å². The number of aryl methyl sites for hydroxylation is 1. The first-order valence-corrected chi connectivity index (χ1v) is 8.54. The number of thioether (sulfide) groups is 1. The van der Waals surface area contributed by atoms with Gasteiger partial charge in [0.25, 0.3) is 0 Å². The first kappa shape index (κ1) is 17.2. The van der Waals surface area contributed by atoms with Crippen molar-refractivity contribution in [1.82, 2.24) is 14.5 Å². The second kappa shape index (κ2) is 7.38. The highest BCUT2D eigenvalue weighted by molar-refractivity contribution is 7.98. The fourth-order valence-electron chi connectivity index (χ4n) is 2.26. The Morgan fingerprint density at radius 1 is 1.43 bits per heavy atom. The van der Waals surface area contributed by atoms with Crippen molar-refractivity contribution < 1.29 is 9.53 Å². The van der Waals surface area contributed by atoms with Crippen molar-refractivity contribution in [2.24, 2.45) is 7.05 Å². The average molecular weight is 332 g/mol. The number of rotatable bonds is 4. The van der Waals surface area contributed by atoms with E-state index in [0.29, 0.717) is 27.6 Å². The van der Waals surface area contributed by atoms with Gasteiger partial charge in [0.05, 0.1) is 18.2 Å². The molecule has 0 bridgehead atoms. The van der Waals surface area contributed by atoms with E-state index in [9.17, 15) is 4.79 Å². The molecule has 0 fully saturated rings. The summed E-state index contributed by atoms with van der Waals surface area (Å²) in [5.74, 6) is 5.69. The van der Waals surface area contributed by atoms with Crippen LogP contribution in [0.1, 0.15) is 42.4 Å². The molecule has 23 heavy (non-hydrogen) atoms. The van der Waals surface area contributed by atoms with Gasteiger partial charge in [0.15, 0.2) is 10.9 Å². The minimum Gasteiger partial charge on any atom is -0.464 e. The molecule has 0 aromatic carbocycles. The van der Waals surface area contributed by atoms with Crippen LogP contribution in [0.2, 0.25) is 0 Å². The normalized spacial score (nSPS) is 10.4. The van der Waals surface area contributed by atoms with Gasteiger partial charge in [-0.2, -0.15) is 0 Å². The summed E-state index contributed by atoms with van der Waals surface area (Å²) in [6, 6.07) is 0. The third-order valence-corrected chi connectivity index (χ3v) is 4.02. The van der Waals surface area contributed by atoms with Gasteiger partial charge in [0, 0.05) is 13.5 Å². The van der Waals surface area contributed by atoms with Gasteiger partial charge in [0.2, 0.25) is 0 Å². The zero-order valence-electron chi connectivity index (χ0n) is 13.8. The quantitative estimate of drug-likeness (QED) is 0.305. The highest BCUT2D eigenvalue weighted by atomic mass is 32.2. The second-order valence-electron chi connectivity index (χ2n) is 4.98. The Morgan fingerprint density at radius 3 is 2.78 bits per heavy atom. The van der Waals surface area contributed by atoms with E-state index in [0.717, 1.165) is 19.3 Å². The third-order valence-electron chi connectivity index (χ3n) is 3.47. The Hall–Kier alpha value is -2.20. The number of unbranched alkanes of at least 4 members (excludes halogenated alkanes) is 2. The number of nitrogens with two attached hydrogens (primary N) is 1. The predicted octanol–water partition coefficient (Wildman–Crippen LogP) is 2.60. The van der Waals surface area contributed by atoms with Crippen LogP contribution < -0.4 is 5.73 Å². The van der Waals surface area contributed by atoms with Gasteiger partial charge in [-0.05, 0) is 18.6 Å². The summed E-state index contributed by atoms with van der Waals surface area (Å²) in [6.45, 7) is 2.12. The van der Waals surface area contributed by atoms with Crippen molar-refractivity contribution in [2.75, 3.05) is 19.1 Å². The molecule has 2 N–H and O–H groups in total. The maximum Gasteiger partial charge on any atom is 0.356 e. The van der Waals surface area contributed by atoms with Crippen LogP contribution in [0.3, 0.4) is 0 Å². The van der Waals surface area contributed by atoms with Crippen LogP contribution in [-0.2, 0) is 11.8 Å². The molecule has 0 atom stereocenters. The summed E-state index contributed by atoms with van der Waals surface area (Å²) in [5.41, 5.74) is 7.88. The van der Waals surface area contributed by atoms with Gasteiger partial charge in [-0.25, -0.2) is 14.8 Å². The van der Waals surface area contributed by atoms with E-state index < -0.39 is 5.97 Å². The number of fused-ring (bicyclic) bond motifs is 1. The fourth-order valence-corrected chi connectivity index (χ4v) is 2.62. The van der Waals surface area contributed by atoms with Crippen LogP contribution in [0.4, 0.5) is 5.69 Å². The maximum atomic E-state index is 12.0. The van der Waals surface area contributed by atoms with Crippen LogP contribution in [0.5, 0.6) is 0 Å². The molecule has 0 aliphatic rings. The largest absolute Gasteiger partial charge is 0.464 e. The van der Waals surface area contributed by atoms with Crippen LogP contribution in [0, 0.1) is 11.8 Å². The van der Waals surface area contributed by atoms with Crippen molar-refractivity contribution in [1.29, 1.82) is 0 Å². The SMILES string of the molecule is CCCCC#Cc1nc(SC)nc2c1c(N)c(C(=O)OC)n2C. The highest BCUT2D eigenvalue weighted by Crippen LogP contribution is 2.30. The summed E-state index contributed by atoms with van der Waals surface area (Å²) < 4.78 is 6.44. The van der Waals surface area contributed by atoms with Crippen LogP contribution in [0.25, 0.3) is 11.0 Å². The second-order valence-corrected chi connectivity index (χ2v) is 5.75. The van der Waals surface area contributed by atoms with Crippen molar-refractivity contribution in [3.63, 3.8) is 0 Å². The lowest BCUT2D eigenvalue weighted by Crippen LogP contribution is -2.10. The molecule has 122 valence electrons. The predicted molar refractivity (Wildman–Crippen MR) is 92.4 cm³/mol. The summed E-state index contributed by atoms with van der Waals surface area (Å²) in [6.07, 6.45) is 4.81. The molecule has 0 radical (unpaired) electrons. The van der Waals surface area contributed by atoms with E-state index in [1.54, 1.807) is 11.6 Å². The van der Waals surface area contributed by atoms with Gasteiger partial charge in [-0.15, -0.1) is 0 Å². The summed E-state index contributed by atoms with van der Waals surface area (Å²) in [4.78, 5) is 20.9. The molecule has 0 saturated carbocycles. The minimum atomic E-state index is -0.501. The number of nitrogen functional groups attached to an aromatic ring is 1. The Kier molecular flexibility index (Phi) is 5.50. The van der Waals surface area contributed by atoms with Gasteiger partial charge >= 0.3 is 5.97 Å². The molecule has 2 aromatic heterocycles. The third kappa shape index (κ3) is 3.27. The first-order chi connectivity index (χ1) is 11.0. The van der Waals surface area contributed by atoms with Gasteiger partial charge < -0.3 is 15.0 Å². The molecular formula is C16H20N4O2S. The summed E-state index contributed by atoms with van der Waals surface area (Å²) in [7, 11) is 3.06. The van der Waals surface area contributed by atoms with E-state index in [-0.39, 0.29) is 5.69 Å². The van der Waals surface area contributed by atoms with E-state index >= 15 is 0 Å². The van der Waals surface area contributed by atoms with Crippen LogP contribution in [-0.4, -0.2) is 33.9 Å². The highest BCUT2D eigenvalue weighted by Gasteiger charge is 2.23. The van der Waals surface area contributed by atoms with Gasteiger partial charge in [0.1, 0.15) is 11.3 Å². The smallest absolute Gasteiger partial charge is 0.356 e. The summed E-state index contributed by atoms with van der Waals surface area (Å²) >= 11 is 1.42. The average Bonchev–Trinajstić information content (AvgIpc) is 2.82. The molecule has 2 heterocycles. The number of aromatic nitrogens is 3. The Bertz CT molecular complexity index is 802. The van der Waals surface area contributed by atoms with Crippen molar-refractivity contribution in [3.05, 3.63) is 11.4 Å². The number of carbonyl (C=O) groups excluding carboxylic acids is 1. The lowest BCUT2D eigenvalue weighted by Gasteiger charge is -2.02. The Labute approximate surface area is 139 Å². The number of methoxy groups -OCH3 is 1. The maximum absolute atomic E-state index is 12.0. The zero-order chi connectivity index (χ0) is 17.0. The minimum absolute atomic E-state index is 0.270. The lowest BCUT2D eigenvalue weighted by atomic mass is 10.2. The number of ether oxygens (including phenoxy) is 1. The Morgan fingerprint density at radius 2 is 2.17 bits per heavy atom. The molecular weight excluding hydrogens is 312 g/mol. The molecule has 0 aliphatic carbocycles. The number of hydrogen-bond donors (Lipinski definition) is 1. The first-order valence-electron chi connectivity index (χ1n) is 7.32. The monoisotopic (exact) mass is 332 g/mol. The molecule has 0 aliphatic heterocycles. The molecule has 6 nitrogen and oxygen atoms in total. The number of anilines is 1. The van der Waals surface area contributed by atoms with E-state index in [2.05, 4.69) is 28.7 Å². The summed E-state index contributed by atoms with van der Waals surface area (Å²) in [5, 5.41) is 1.20. The van der Waals surface area contributed by atoms with Crippen LogP contribution in [0.15, 0.2) is 5.16 Å². The fraction of sp³-hybridized carbons (Fsp3) is 0.438. The Balaban J connectivity index is 2.69. The number of esters is 1. The lowest BCUT2D eigenvalue weighted by molar-refractivity contribution is 0.0591. The van der Waals surface area contributed by atoms with E-state index in [1.807, 2.05) is 6.26 Å². The van der Waals surface area contributed by atoms with E-state index in [1.165, 1.54) is 18.9 Å². The standard InChI is InChI=1S/C16H20N4O2S/c1-5-6-7-8-9-10-11-12(17)13(15(21)22-3)20(2)14(11)19-16(18-10)23-4/h5-7,17H2,1-4H3. The van der Waals surface area contributed by atoms with Crippen molar-refractivity contribution >= 4 is 34.5 Å². The van der Waals surface area contributed by atoms with Gasteiger partial charge in [-0.1, -0.05) is 31.0 Å². The zero-order valence-corrected chi connectivity index (χ0v) is 14.6. The molecule has 0 amide bonds. The number of carbonyl (C=O) groups is 1. The van der Waals surface area contributed by atoms with Crippen LogP contribution >= 0.6 is 11.8 Å². The van der Waals surface area contributed by atoms with Gasteiger partial charge in [-0.3, -0.25) is 0 Å². The molecule has 2 aromatic rings. The molecule has 0 saturated heterocycles. The number of nitrogens with zero attached hydrogens (tertiary/aromatic N) is 3. The van der Waals surface area contributed by atoms with E-state index in [4.69, 9.17) is 10.5 Å². The van der Waals surface area contributed by atoms with Crippen molar-refractivity contribution in [3.8, 4) is 11.8 Å². The molecule has 0 unspecified atom stereocenters. The molecule has 7 heteroatoms.